The molecule has 4 heteroatoms. The van der Waals surface area contributed by atoms with Crippen molar-refractivity contribution in [3.05, 3.63) is 52.8 Å². The van der Waals surface area contributed by atoms with Crippen LogP contribution in [0.5, 0.6) is 0 Å². The van der Waals surface area contributed by atoms with Gasteiger partial charge in [-0.2, -0.15) is 5.10 Å². The van der Waals surface area contributed by atoms with Crippen LogP contribution in [0.3, 0.4) is 0 Å². The van der Waals surface area contributed by atoms with Crippen LogP contribution < -0.4 is 0 Å². The summed E-state index contributed by atoms with van der Waals surface area (Å²) in [6, 6.07) is 12.0. The number of hydrogen-bond donors (Lipinski definition) is 0. The molecule has 0 saturated heterocycles. The highest BCUT2D eigenvalue weighted by atomic mass is 79.9. The van der Waals surface area contributed by atoms with Crippen molar-refractivity contribution in [3.8, 4) is 5.82 Å². The molecule has 0 radical (unpaired) electrons. The van der Waals surface area contributed by atoms with E-state index in [1.54, 1.807) is 0 Å². The highest BCUT2D eigenvalue weighted by molar-refractivity contribution is 9.10. The van der Waals surface area contributed by atoms with Gasteiger partial charge in [-0.3, -0.25) is 0 Å². The second-order valence-corrected chi connectivity index (χ2v) is 4.83. The first-order chi connectivity index (χ1) is 8.22. The molecule has 3 aromatic rings. The second-order valence-electron chi connectivity index (χ2n) is 3.91. The van der Waals surface area contributed by atoms with Crippen LogP contribution >= 0.6 is 15.9 Å². The molecule has 84 valence electrons. The van der Waals surface area contributed by atoms with Gasteiger partial charge < -0.3 is 0 Å². The molecule has 0 aliphatic heterocycles. The van der Waals surface area contributed by atoms with Gasteiger partial charge in [0.1, 0.15) is 0 Å². The number of aryl methyl sites for hydroxylation is 1. The molecule has 0 saturated carbocycles. The topological polar surface area (TPSA) is 30.7 Å². The number of nitrogens with zero attached hydrogens (tertiary/aromatic N) is 3. The molecule has 0 bridgehead atoms. The van der Waals surface area contributed by atoms with Gasteiger partial charge in [-0.15, -0.1) is 0 Å². The van der Waals surface area contributed by atoms with Crippen LogP contribution in [0.25, 0.3) is 16.7 Å². The zero-order valence-electron chi connectivity index (χ0n) is 9.26. The van der Waals surface area contributed by atoms with Crippen molar-refractivity contribution in [2.24, 2.45) is 0 Å². The van der Waals surface area contributed by atoms with Crippen molar-refractivity contribution in [1.82, 2.24) is 14.8 Å². The van der Waals surface area contributed by atoms with E-state index < -0.39 is 0 Å². The molecular formula is C13H10BrN3. The van der Waals surface area contributed by atoms with Gasteiger partial charge in [-0.1, -0.05) is 28.1 Å². The molecule has 3 rings (SSSR count). The van der Waals surface area contributed by atoms with Crippen LogP contribution in [0.2, 0.25) is 0 Å². The summed E-state index contributed by atoms with van der Waals surface area (Å²) >= 11 is 3.44. The number of pyridine rings is 1. The smallest absolute Gasteiger partial charge is 0.153 e. The number of rotatable bonds is 1. The van der Waals surface area contributed by atoms with Crippen LogP contribution in [0, 0.1) is 6.92 Å². The predicted molar refractivity (Wildman–Crippen MR) is 71.3 cm³/mol. The first-order valence-electron chi connectivity index (χ1n) is 5.31. The fourth-order valence-corrected chi connectivity index (χ4v) is 2.11. The van der Waals surface area contributed by atoms with Crippen molar-refractivity contribution in [2.75, 3.05) is 0 Å². The van der Waals surface area contributed by atoms with Crippen LogP contribution in [0.15, 0.2) is 47.1 Å². The molecule has 1 aromatic carbocycles. The van der Waals surface area contributed by atoms with Crippen LogP contribution in [0.4, 0.5) is 0 Å². The summed E-state index contributed by atoms with van der Waals surface area (Å²) in [6.45, 7) is 1.98. The minimum Gasteiger partial charge on any atom is -0.234 e. The Labute approximate surface area is 107 Å². The van der Waals surface area contributed by atoms with Crippen LogP contribution in [0.1, 0.15) is 5.69 Å². The molecule has 0 aliphatic rings. The highest BCUT2D eigenvalue weighted by Gasteiger charge is 2.03. The largest absolute Gasteiger partial charge is 0.234 e. The lowest BCUT2D eigenvalue weighted by Crippen LogP contribution is -1.98. The summed E-state index contributed by atoms with van der Waals surface area (Å²) in [7, 11) is 0. The van der Waals surface area contributed by atoms with Crippen molar-refractivity contribution in [1.29, 1.82) is 0 Å². The number of hydrogen-bond acceptors (Lipinski definition) is 2. The summed E-state index contributed by atoms with van der Waals surface area (Å²) in [4.78, 5) is 4.45. The van der Waals surface area contributed by atoms with E-state index in [0.717, 1.165) is 26.9 Å². The Kier molecular flexibility index (Phi) is 2.44. The van der Waals surface area contributed by atoms with Gasteiger partial charge in [0.25, 0.3) is 0 Å². The molecule has 2 heterocycles. The number of fused-ring (bicyclic) bond motifs is 1. The maximum Gasteiger partial charge on any atom is 0.153 e. The van der Waals surface area contributed by atoms with Crippen molar-refractivity contribution in [2.45, 2.75) is 6.92 Å². The summed E-state index contributed by atoms with van der Waals surface area (Å²) in [5.74, 6) is 0.845. The summed E-state index contributed by atoms with van der Waals surface area (Å²) in [5, 5.41) is 5.62. The van der Waals surface area contributed by atoms with Gasteiger partial charge in [0.15, 0.2) is 5.82 Å². The Hall–Kier alpha value is -1.68. The maximum absolute atomic E-state index is 4.51. The molecule has 0 unspecified atom stereocenters. The molecule has 0 spiro atoms. The van der Waals surface area contributed by atoms with Gasteiger partial charge in [0.05, 0.1) is 5.52 Å². The highest BCUT2D eigenvalue weighted by Crippen LogP contribution is 2.19. The third-order valence-electron chi connectivity index (χ3n) is 2.58. The fraction of sp³-hybridized carbons (Fsp3) is 0.0769. The Bertz CT molecular complexity index is 688. The lowest BCUT2D eigenvalue weighted by atomic mass is 10.3. The van der Waals surface area contributed by atoms with Crippen molar-refractivity contribution >= 4 is 26.8 Å². The monoisotopic (exact) mass is 287 g/mol. The van der Waals surface area contributed by atoms with Crippen LogP contribution in [-0.4, -0.2) is 14.8 Å². The molecule has 2 aromatic heterocycles. The Morgan fingerprint density at radius 3 is 2.88 bits per heavy atom. The Morgan fingerprint density at radius 1 is 1.18 bits per heavy atom. The fourth-order valence-electron chi connectivity index (χ4n) is 1.76. The average molecular weight is 288 g/mol. The molecule has 0 aliphatic carbocycles. The predicted octanol–water partition coefficient (Wildman–Crippen LogP) is 3.49. The molecule has 0 N–H and O–H groups in total. The standard InChI is InChI=1S/C13H10BrN3/c1-9-3-2-4-13(15-9)17-8-10-5-6-11(14)7-12(10)16-17/h2-8H,1H3. The molecule has 3 nitrogen and oxygen atoms in total. The van der Waals surface area contributed by atoms with E-state index in [0.29, 0.717) is 0 Å². The molecule has 0 amide bonds. The summed E-state index contributed by atoms with van der Waals surface area (Å²) < 4.78 is 2.84. The maximum atomic E-state index is 4.51. The molecule has 0 fully saturated rings. The zero-order chi connectivity index (χ0) is 11.8. The third-order valence-corrected chi connectivity index (χ3v) is 3.07. The van der Waals surface area contributed by atoms with E-state index >= 15 is 0 Å². The zero-order valence-corrected chi connectivity index (χ0v) is 10.8. The number of benzene rings is 1. The van der Waals surface area contributed by atoms with E-state index in [-0.39, 0.29) is 0 Å². The third kappa shape index (κ3) is 1.96. The van der Waals surface area contributed by atoms with Gasteiger partial charge >= 0.3 is 0 Å². The van der Waals surface area contributed by atoms with E-state index in [1.807, 2.05) is 54.2 Å². The van der Waals surface area contributed by atoms with E-state index in [2.05, 4.69) is 26.0 Å². The SMILES string of the molecule is Cc1cccc(-n2cc3ccc(Br)cc3n2)n1. The number of aromatic nitrogens is 3. The quantitative estimate of drug-likeness (QED) is 0.686. The molecule has 0 atom stereocenters. The van der Waals surface area contributed by atoms with Crippen molar-refractivity contribution < 1.29 is 0 Å². The van der Waals surface area contributed by atoms with E-state index in [4.69, 9.17) is 0 Å². The Balaban J connectivity index is 2.18. The lowest BCUT2D eigenvalue weighted by molar-refractivity contribution is 0.853. The number of halogens is 1. The second kappa shape index (κ2) is 3.96. The van der Waals surface area contributed by atoms with Gasteiger partial charge in [-0.05, 0) is 31.2 Å². The lowest BCUT2D eigenvalue weighted by Gasteiger charge is -1.99. The first-order valence-corrected chi connectivity index (χ1v) is 6.11. The first kappa shape index (κ1) is 10.5. The van der Waals surface area contributed by atoms with E-state index in [1.165, 1.54) is 0 Å². The summed E-state index contributed by atoms with van der Waals surface area (Å²) in [5.41, 5.74) is 1.95. The van der Waals surface area contributed by atoms with Gasteiger partial charge in [0.2, 0.25) is 0 Å². The van der Waals surface area contributed by atoms with E-state index in [9.17, 15) is 0 Å². The minimum atomic E-state index is 0.845. The summed E-state index contributed by atoms with van der Waals surface area (Å²) in [6.07, 6.45) is 1.99. The molecular weight excluding hydrogens is 278 g/mol. The Morgan fingerprint density at radius 2 is 2.06 bits per heavy atom. The van der Waals surface area contributed by atoms with Gasteiger partial charge in [0, 0.05) is 21.7 Å². The van der Waals surface area contributed by atoms with Gasteiger partial charge in [-0.25, -0.2) is 9.67 Å². The van der Waals surface area contributed by atoms with Crippen molar-refractivity contribution in [3.63, 3.8) is 0 Å². The average Bonchev–Trinajstić information content (AvgIpc) is 2.72. The molecule has 17 heavy (non-hydrogen) atoms. The minimum absolute atomic E-state index is 0.845. The normalized spacial score (nSPS) is 10.9. The van der Waals surface area contributed by atoms with Crippen LogP contribution in [-0.2, 0) is 0 Å².